The van der Waals surface area contributed by atoms with E-state index in [1.54, 1.807) is 0 Å². The molecule has 3 nitrogen and oxygen atoms in total. The molecule has 228 valence electrons. The molecule has 5 aromatic carbocycles. The Bertz CT molecular complexity index is 2500. The topological polar surface area (TPSA) is 21.7 Å². The Morgan fingerprint density at radius 1 is 0.696 bits per heavy atom. The molecule has 0 bridgehead atoms. The lowest BCUT2D eigenvalue weighted by molar-refractivity contribution is -0.557. The normalized spacial score (nSPS) is 12.3. The van der Waals surface area contributed by atoms with Crippen molar-refractivity contribution < 1.29 is 4.57 Å². The van der Waals surface area contributed by atoms with Crippen LogP contribution in [-0.2, 0) is 7.05 Å². The van der Waals surface area contributed by atoms with E-state index in [1.807, 2.05) is 11.3 Å². The van der Waals surface area contributed by atoms with Crippen molar-refractivity contribution in [3.63, 3.8) is 0 Å². The molecule has 0 spiro atoms. The summed E-state index contributed by atoms with van der Waals surface area (Å²) in [7, 11) is 2.24. The highest BCUT2D eigenvalue weighted by Gasteiger charge is 2.34. The SMILES string of the molecule is Cc1cc2c(c(C)n1)[n+](-c1c(C(C)C)cccc1C(C)C)c(-c1c(C)ccc3c1sc1cc4cc5ccccc5cc4cc13)n2C. The fraction of sp³-hybridized carbons (Fsp3) is 0.238. The molecule has 0 radical (unpaired) electrons. The lowest BCUT2D eigenvalue weighted by Gasteiger charge is -2.19. The molecule has 0 atom stereocenters. The quantitative estimate of drug-likeness (QED) is 0.142. The predicted molar refractivity (Wildman–Crippen MR) is 198 cm³/mol. The first-order chi connectivity index (χ1) is 22.1. The molecule has 8 rings (SSSR count). The van der Waals surface area contributed by atoms with Gasteiger partial charge in [0.25, 0.3) is 5.82 Å². The third-order valence-electron chi connectivity index (χ3n) is 9.85. The van der Waals surface area contributed by atoms with Crippen LogP contribution in [0.2, 0.25) is 0 Å². The zero-order valence-corrected chi connectivity index (χ0v) is 28.8. The van der Waals surface area contributed by atoms with Crippen LogP contribution in [0.15, 0.2) is 84.9 Å². The molecule has 3 aromatic heterocycles. The molecule has 0 unspecified atom stereocenters. The molecule has 4 heteroatoms. The number of aryl methyl sites for hydroxylation is 4. The maximum absolute atomic E-state index is 5.03. The lowest BCUT2D eigenvalue weighted by Crippen LogP contribution is -2.37. The van der Waals surface area contributed by atoms with E-state index in [9.17, 15) is 0 Å². The summed E-state index contributed by atoms with van der Waals surface area (Å²) in [5, 5.41) is 7.80. The summed E-state index contributed by atoms with van der Waals surface area (Å²) in [4.78, 5) is 5.03. The number of hydrogen-bond acceptors (Lipinski definition) is 2. The molecule has 46 heavy (non-hydrogen) atoms. The Hall–Kier alpha value is -4.54. The summed E-state index contributed by atoms with van der Waals surface area (Å²) in [5.74, 6) is 1.95. The van der Waals surface area contributed by atoms with Crippen molar-refractivity contribution in [2.75, 3.05) is 0 Å². The molecule has 0 fully saturated rings. The largest absolute Gasteiger partial charge is 0.296 e. The molecule has 0 saturated heterocycles. The zero-order chi connectivity index (χ0) is 32.0. The van der Waals surface area contributed by atoms with Crippen molar-refractivity contribution in [3.8, 4) is 17.1 Å². The summed E-state index contributed by atoms with van der Waals surface area (Å²) >= 11 is 1.93. The summed E-state index contributed by atoms with van der Waals surface area (Å²) in [6.45, 7) is 15.8. The monoisotopic (exact) mass is 618 g/mol. The van der Waals surface area contributed by atoms with Crippen molar-refractivity contribution in [2.24, 2.45) is 7.05 Å². The first-order valence-corrected chi connectivity index (χ1v) is 17.2. The first-order valence-electron chi connectivity index (χ1n) is 16.4. The van der Waals surface area contributed by atoms with Crippen LogP contribution >= 0.6 is 11.3 Å². The van der Waals surface area contributed by atoms with Gasteiger partial charge in [-0.05, 0) is 84.0 Å². The van der Waals surface area contributed by atoms with Crippen LogP contribution in [0.25, 0.3) is 69.8 Å². The van der Waals surface area contributed by atoms with Gasteiger partial charge >= 0.3 is 0 Å². The average molecular weight is 619 g/mol. The summed E-state index contributed by atoms with van der Waals surface area (Å²) < 4.78 is 7.66. The number of benzene rings is 5. The van der Waals surface area contributed by atoms with Crippen LogP contribution in [0.4, 0.5) is 0 Å². The standard InChI is InChI=1S/C42H40N3S/c1-23(2)32-14-11-15-33(24(3)4)40(32)45-39-27(7)43-26(6)18-36(39)44(8)42(45)38-25(5)16-17-34-35-21-30-19-28-12-9-10-13-29(28)20-31(30)22-37(35)46-41(34)38/h9-24H,1-8H3/q+1. The Morgan fingerprint density at radius 2 is 1.35 bits per heavy atom. The molecule has 0 aliphatic carbocycles. The minimum absolute atomic E-state index is 0.368. The second-order valence-electron chi connectivity index (χ2n) is 13.7. The average Bonchev–Trinajstić information content (AvgIpc) is 3.52. The minimum atomic E-state index is 0.368. The Balaban J connectivity index is 1.54. The van der Waals surface area contributed by atoms with Crippen LogP contribution in [0.1, 0.15) is 67.6 Å². The number of hydrogen-bond donors (Lipinski definition) is 0. The number of imidazole rings is 1. The summed E-state index contributed by atoms with van der Waals surface area (Å²) in [6, 6.07) is 32.0. The molecule has 3 heterocycles. The summed E-state index contributed by atoms with van der Waals surface area (Å²) in [6.07, 6.45) is 0. The van der Waals surface area contributed by atoms with Crippen molar-refractivity contribution in [3.05, 3.63) is 113 Å². The van der Waals surface area contributed by atoms with Gasteiger partial charge < -0.3 is 0 Å². The van der Waals surface area contributed by atoms with Gasteiger partial charge in [0.2, 0.25) is 5.52 Å². The van der Waals surface area contributed by atoms with E-state index in [1.165, 1.54) is 86.5 Å². The highest BCUT2D eigenvalue weighted by atomic mass is 32.1. The highest BCUT2D eigenvalue weighted by molar-refractivity contribution is 7.26. The Labute approximate surface area is 274 Å². The Morgan fingerprint density at radius 3 is 2.00 bits per heavy atom. The van der Waals surface area contributed by atoms with E-state index < -0.39 is 0 Å². The van der Waals surface area contributed by atoms with E-state index in [0.29, 0.717) is 11.8 Å². The maximum atomic E-state index is 5.03. The fourth-order valence-corrected chi connectivity index (χ4v) is 8.95. The number of rotatable bonds is 4. The number of nitrogens with zero attached hydrogens (tertiary/aromatic N) is 3. The van der Waals surface area contributed by atoms with E-state index in [-0.39, 0.29) is 0 Å². The lowest BCUT2D eigenvalue weighted by atomic mass is 9.92. The number of aromatic nitrogens is 3. The highest BCUT2D eigenvalue weighted by Crippen LogP contribution is 2.44. The van der Waals surface area contributed by atoms with Gasteiger partial charge in [0.05, 0.1) is 23.0 Å². The van der Waals surface area contributed by atoms with Crippen molar-refractivity contribution >= 4 is 64.1 Å². The van der Waals surface area contributed by atoms with Gasteiger partial charge in [-0.1, -0.05) is 82.3 Å². The molecule has 0 amide bonds. The number of thiophene rings is 1. The zero-order valence-electron chi connectivity index (χ0n) is 28.0. The van der Waals surface area contributed by atoms with E-state index in [0.717, 1.165) is 11.4 Å². The first kappa shape index (κ1) is 28.9. The van der Waals surface area contributed by atoms with Crippen LogP contribution in [0.3, 0.4) is 0 Å². The number of para-hydroxylation sites is 1. The molecular formula is C42H40N3S+. The molecule has 0 saturated carbocycles. The second-order valence-corrected chi connectivity index (χ2v) is 14.7. The molecular weight excluding hydrogens is 579 g/mol. The van der Waals surface area contributed by atoms with E-state index >= 15 is 0 Å². The van der Waals surface area contributed by atoms with Crippen LogP contribution in [0, 0.1) is 20.8 Å². The third-order valence-corrected chi connectivity index (χ3v) is 11.0. The maximum Gasteiger partial charge on any atom is 0.296 e. The van der Waals surface area contributed by atoms with Gasteiger partial charge in [0.1, 0.15) is 5.69 Å². The van der Waals surface area contributed by atoms with Crippen LogP contribution in [-0.4, -0.2) is 9.55 Å². The van der Waals surface area contributed by atoms with Gasteiger partial charge in [-0.3, -0.25) is 4.98 Å². The molecule has 8 aromatic rings. The smallest absolute Gasteiger partial charge is 0.254 e. The van der Waals surface area contributed by atoms with Crippen LogP contribution < -0.4 is 4.57 Å². The minimum Gasteiger partial charge on any atom is -0.254 e. The fourth-order valence-electron chi connectivity index (χ4n) is 7.62. The molecule has 0 N–H and O–H groups in total. The van der Waals surface area contributed by atoms with Gasteiger partial charge in [-0.2, -0.15) is 4.57 Å². The summed E-state index contributed by atoms with van der Waals surface area (Å²) in [5.41, 5.74) is 11.1. The predicted octanol–water partition coefficient (Wildman–Crippen LogP) is 11.4. The number of pyridine rings is 1. The van der Waals surface area contributed by atoms with Gasteiger partial charge in [-0.25, -0.2) is 4.57 Å². The molecule has 0 aliphatic heterocycles. The van der Waals surface area contributed by atoms with E-state index in [4.69, 9.17) is 4.98 Å². The van der Waals surface area contributed by atoms with Crippen molar-refractivity contribution in [1.29, 1.82) is 0 Å². The second kappa shape index (κ2) is 10.5. The molecule has 0 aliphatic rings. The number of fused-ring (bicyclic) bond motifs is 6. The van der Waals surface area contributed by atoms with Gasteiger partial charge in [-0.15, -0.1) is 11.3 Å². The Kier molecular flexibility index (Phi) is 6.60. The van der Waals surface area contributed by atoms with Crippen LogP contribution in [0.5, 0.6) is 0 Å². The van der Waals surface area contributed by atoms with Gasteiger partial charge in [0, 0.05) is 38.4 Å². The van der Waals surface area contributed by atoms with Gasteiger partial charge in [0.15, 0.2) is 5.52 Å². The van der Waals surface area contributed by atoms with Crippen molar-refractivity contribution in [2.45, 2.75) is 60.3 Å². The van der Waals surface area contributed by atoms with Crippen molar-refractivity contribution in [1.82, 2.24) is 9.55 Å². The third kappa shape index (κ3) is 4.23. The van der Waals surface area contributed by atoms with E-state index in [2.05, 4.69) is 150 Å².